The van der Waals surface area contributed by atoms with Gasteiger partial charge in [0.15, 0.2) is 5.17 Å². The Morgan fingerprint density at radius 3 is 2.78 bits per heavy atom. The van der Waals surface area contributed by atoms with E-state index in [0.717, 1.165) is 11.3 Å². The standard InChI is InChI=1S/C20H18ClN3O2S/c1-3-11-24-19(25)18(12-14-5-7-15(8-6-14)26-4-2)27-20(24)23-17-9-10-22-13-16(17)21/h3,5-10,12-13H,1,4,11H2,2H3/b18-12-,23-20?. The van der Waals surface area contributed by atoms with E-state index < -0.39 is 0 Å². The van der Waals surface area contributed by atoms with E-state index in [1.807, 2.05) is 37.3 Å². The van der Waals surface area contributed by atoms with Gasteiger partial charge in [-0.25, -0.2) is 4.99 Å². The number of aliphatic imine (C=N–C) groups is 1. The molecule has 0 aliphatic carbocycles. The normalized spacial score (nSPS) is 17.0. The third kappa shape index (κ3) is 4.59. The summed E-state index contributed by atoms with van der Waals surface area (Å²) in [5, 5.41) is 0.991. The number of pyridine rings is 1. The van der Waals surface area contributed by atoms with Gasteiger partial charge in [0.05, 0.1) is 22.2 Å². The zero-order valence-electron chi connectivity index (χ0n) is 14.8. The molecule has 1 fully saturated rings. The van der Waals surface area contributed by atoms with Crippen LogP contribution in [-0.4, -0.2) is 34.1 Å². The Kier molecular flexibility index (Phi) is 6.32. The van der Waals surface area contributed by atoms with Gasteiger partial charge >= 0.3 is 0 Å². The lowest BCUT2D eigenvalue weighted by Crippen LogP contribution is -2.29. The number of rotatable bonds is 6. The zero-order chi connectivity index (χ0) is 19.2. The number of carbonyl (C=O) groups is 1. The largest absolute Gasteiger partial charge is 0.494 e. The molecule has 1 amide bonds. The molecule has 0 bridgehead atoms. The molecule has 7 heteroatoms. The van der Waals surface area contributed by atoms with Gasteiger partial charge in [-0.2, -0.15) is 0 Å². The number of hydrogen-bond donors (Lipinski definition) is 0. The monoisotopic (exact) mass is 399 g/mol. The van der Waals surface area contributed by atoms with Crippen LogP contribution < -0.4 is 4.74 Å². The van der Waals surface area contributed by atoms with Crippen molar-refractivity contribution in [3.8, 4) is 5.75 Å². The van der Waals surface area contributed by atoms with E-state index in [-0.39, 0.29) is 5.91 Å². The number of amidine groups is 1. The second-order valence-electron chi connectivity index (χ2n) is 5.54. The highest BCUT2D eigenvalue weighted by Crippen LogP contribution is 2.35. The number of amides is 1. The summed E-state index contributed by atoms with van der Waals surface area (Å²) < 4.78 is 5.45. The second kappa shape index (κ2) is 8.88. The highest BCUT2D eigenvalue weighted by Gasteiger charge is 2.32. The van der Waals surface area contributed by atoms with Gasteiger partial charge in [-0.3, -0.25) is 14.7 Å². The Balaban J connectivity index is 1.90. The van der Waals surface area contributed by atoms with Crippen LogP contribution >= 0.6 is 23.4 Å². The van der Waals surface area contributed by atoms with Gasteiger partial charge in [0.2, 0.25) is 0 Å². The van der Waals surface area contributed by atoms with Crippen LogP contribution in [0, 0.1) is 0 Å². The Hall–Kier alpha value is -2.57. The molecule has 2 heterocycles. The summed E-state index contributed by atoms with van der Waals surface area (Å²) in [4.78, 5) is 23.5. The zero-order valence-corrected chi connectivity index (χ0v) is 16.3. The van der Waals surface area contributed by atoms with Gasteiger partial charge < -0.3 is 4.74 Å². The number of hydrogen-bond acceptors (Lipinski definition) is 5. The average molecular weight is 400 g/mol. The molecular formula is C20H18ClN3O2S. The van der Waals surface area contributed by atoms with Crippen LogP contribution in [0.4, 0.5) is 5.69 Å². The van der Waals surface area contributed by atoms with Gasteiger partial charge in [-0.1, -0.05) is 29.8 Å². The van der Waals surface area contributed by atoms with Gasteiger partial charge in [0.25, 0.3) is 5.91 Å². The molecule has 1 aliphatic heterocycles. The molecule has 0 atom stereocenters. The van der Waals surface area contributed by atoms with Gasteiger partial charge in [0.1, 0.15) is 5.75 Å². The molecule has 138 valence electrons. The number of ether oxygens (including phenoxy) is 1. The third-order valence-corrected chi connectivity index (χ3v) is 4.95. The molecule has 27 heavy (non-hydrogen) atoms. The molecule has 0 N–H and O–H groups in total. The minimum Gasteiger partial charge on any atom is -0.494 e. The lowest BCUT2D eigenvalue weighted by atomic mass is 10.2. The summed E-state index contributed by atoms with van der Waals surface area (Å²) in [6, 6.07) is 9.30. The number of benzene rings is 1. The summed E-state index contributed by atoms with van der Waals surface area (Å²) >= 11 is 7.45. The van der Waals surface area contributed by atoms with Crippen molar-refractivity contribution in [2.24, 2.45) is 4.99 Å². The summed E-state index contributed by atoms with van der Waals surface area (Å²) in [5.74, 6) is 0.686. The van der Waals surface area contributed by atoms with Gasteiger partial charge in [-0.15, -0.1) is 6.58 Å². The maximum Gasteiger partial charge on any atom is 0.267 e. The molecule has 0 spiro atoms. The lowest BCUT2D eigenvalue weighted by Gasteiger charge is -2.12. The van der Waals surface area contributed by atoms with Crippen LogP contribution in [0.1, 0.15) is 12.5 Å². The van der Waals surface area contributed by atoms with E-state index in [1.165, 1.54) is 18.0 Å². The first-order valence-corrected chi connectivity index (χ1v) is 9.55. The molecule has 3 rings (SSSR count). The first-order valence-electron chi connectivity index (χ1n) is 8.35. The molecule has 0 saturated carbocycles. The number of carbonyl (C=O) groups excluding carboxylic acids is 1. The van der Waals surface area contributed by atoms with Crippen molar-refractivity contribution in [2.45, 2.75) is 6.92 Å². The van der Waals surface area contributed by atoms with Crippen molar-refractivity contribution in [2.75, 3.05) is 13.2 Å². The molecule has 0 radical (unpaired) electrons. The van der Waals surface area contributed by atoms with Crippen LogP contribution in [0.25, 0.3) is 6.08 Å². The Bertz CT molecular complexity index is 910. The SMILES string of the molecule is C=CCN1C(=O)/C(=C/c2ccc(OCC)cc2)SC1=Nc1ccncc1Cl. The molecule has 1 aromatic carbocycles. The Morgan fingerprint density at radius 2 is 2.11 bits per heavy atom. The van der Waals surface area contributed by atoms with Crippen LogP contribution in [0.3, 0.4) is 0 Å². The average Bonchev–Trinajstić information content (AvgIpc) is 2.95. The summed E-state index contributed by atoms with van der Waals surface area (Å²) in [5.41, 5.74) is 1.48. The van der Waals surface area contributed by atoms with Crippen molar-refractivity contribution >= 4 is 46.2 Å². The topological polar surface area (TPSA) is 54.8 Å². The number of aromatic nitrogens is 1. The first-order chi connectivity index (χ1) is 13.1. The summed E-state index contributed by atoms with van der Waals surface area (Å²) in [6.45, 7) is 6.65. The van der Waals surface area contributed by atoms with Crippen molar-refractivity contribution in [3.63, 3.8) is 0 Å². The fraction of sp³-hybridized carbons (Fsp3) is 0.150. The van der Waals surface area contributed by atoms with E-state index in [2.05, 4.69) is 16.6 Å². The summed E-state index contributed by atoms with van der Waals surface area (Å²) in [6.07, 6.45) is 6.65. The van der Waals surface area contributed by atoms with Crippen LogP contribution in [-0.2, 0) is 4.79 Å². The quantitative estimate of drug-likeness (QED) is 0.510. The predicted octanol–water partition coefficient (Wildman–Crippen LogP) is 4.92. The van der Waals surface area contributed by atoms with Gasteiger partial charge in [-0.05, 0) is 48.5 Å². The van der Waals surface area contributed by atoms with Crippen LogP contribution in [0.15, 0.2) is 65.3 Å². The lowest BCUT2D eigenvalue weighted by molar-refractivity contribution is -0.121. The van der Waals surface area contributed by atoms with E-state index in [4.69, 9.17) is 16.3 Å². The highest BCUT2D eigenvalue weighted by atomic mass is 35.5. The summed E-state index contributed by atoms with van der Waals surface area (Å²) in [7, 11) is 0. The molecule has 1 aliphatic rings. The smallest absolute Gasteiger partial charge is 0.267 e. The van der Waals surface area contributed by atoms with Crippen molar-refractivity contribution < 1.29 is 9.53 Å². The molecule has 5 nitrogen and oxygen atoms in total. The van der Waals surface area contributed by atoms with E-state index >= 15 is 0 Å². The number of nitrogens with zero attached hydrogens (tertiary/aromatic N) is 3. The molecule has 1 aromatic heterocycles. The van der Waals surface area contributed by atoms with Crippen molar-refractivity contribution in [3.05, 3.63) is 70.9 Å². The van der Waals surface area contributed by atoms with Crippen LogP contribution in [0.5, 0.6) is 5.75 Å². The second-order valence-corrected chi connectivity index (χ2v) is 6.95. The van der Waals surface area contributed by atoms with Gasteiger partial charge in [0, 0.05) is 18.9 Å². The maximum atomic E-state index is 12.8. The molecular weight excluding hydrogens is 382 g/mol. The maximum absolute atomic E-state index is 12.8. The van der Waals surface area contributed by atoms with E-state index in [0.29, 0.717) is 33.9 Å². The van der Waals surface area contributed by atoms with Crippen LogP contribution in [0.2, 0.25) is 5.02 Å². The minimum atomic E-state index is -0.113. The highest BCUT2D eigenvalue weighted by molar-refractivity contribution is 8.18. The molecule has 1 saturated heterocycles. The fourth-order valence-corrected chi connectivity index (χ4v) is 3.58. The Labute approximate surface area is 167 Å². The van der Waals surface area contributed by atoms with E-state index in [9.17, 15) is 4.79 Å². The Morgan fingerprint density at radius 1 is 1.33 bits per heavy atom. The number of thioether (sulfide) groups is 1. The molecule has 0 unspecified atom stereocenters. The predicted molar refractivity (Wildman–Crippen MR) is 111 cm³/mol. The van der Waals surface area contributed by atoms with E-state index in [1.54, 1.807) is 23.2 Å². The first kappa shape index (κ1) is 19.2. The number of halogens is 1. The minimum absolute atomic E-state index is 0.113. The van der Waals surface area contributed by atoms with Crippen molar-refractivity contribution in [1.29, 1.82) is 0 Å². The fourth-order valence-electron chi connectivity index (χ4n) is 2.42. The molecule has 2 aromatic rings. The van der Waals surface area contributed by atoms with Crippen molar-refractivity contribution in [1.82, 2.24) is 9.88 Å². The third-order valence-electron chi connectivity index (χ3n) is 3.66.